The number of H-pyrrole nitrogens is 1. The standard InChI is InChI=1S/C19H23N5O3/c25-17(6-4-14-5-7-18(26)23-22-14)21-11-16-13-8-12(9-20-10-13)15-2-1-3-19(27)24(15)16/h1-3,5,7,12-13,16,20H,4,6,8-11H2,(H,21,25)(H,23,26)/t12-,13+,16+/m1/s1. The van der Waals surface area contributed by atoms with Crippen LogP contribution in [0, 0.1) is 5.92 Å². The first-order valence-electron chi connectivity index (χ1n) is 9.35. The molecule has 0 spiro atoms. The summed E-state index contributed by atoms with van der Waals surface area (Å²) >= 11 is 0. The Kier molecular flexibility index (Phi) is 4.89. The van der Waals surface area contributed by atoms with Gasteiger partial charge in [-0.25, -0.2) is 5.10 Å². The molecule has 4 heterocycles. The van der Waals surface area contributed by atoms with Gasteiger partial charge in [-0.15, -0.1) is 0 Å². The van der Waals surface area contributed by atoms with E-state index >= 15 is 0 Å². The first-order chi connectivity index (χ1) is 13.1. The summed E-state index contributed by atoms with van der Waals surface area (Å²) in [6.07, 6.45) is 1.78. The van der Waals surface area contributed by atoms with Gasteiger partial charge in [-0.1, -0.05) is 6.07 Å². The van der Waals surface area contributed by atoms with E-state index in [4.69, 9.17) is 0 Å². The van der Waals surface area contributed by atoms with E-state index in [9.17, 15) is 14.4 Å². The first-order valence-corrected chi connectivity index (χ1v) is 9.35. The highest BCUT2D eigenvalue weighted by atomic mass is 16.2. The van der Waals surface area contributed by atoms with Crippen molar-refractivity contribution >= 4 is 5.91 Å². The summed E-state index contributed by atoms with van der Waals surface area (Å²) in [6, 6.07) is 8.42. The third-order valence-electron chi connectivity index (χ3n) is 5.55. The van der Waals surface area contributed by atoms with Crippen LogP contribution < -0.4 is 21.8 Å². The fourth-order valence-corrected chi connectivity index (χ4v) is 4.23. The Morgan fingerprint density at radius 1 is 1.22 bits per heavy atom. The minimum atomic E-state index is -0.260. The highest BCUT2D eigenvalue weighted by Crippen LogP contribution is 2.37. The largest absolute Gasteiger partial charge is 0.354 e. The quantitative estimate of drug-likeness (QED) is 0.684. The van der Waals surface area contributed by atoms with Gasteiger partial charge in [0.15, 0.2) is 0 Å². The minimum absolute atomic E-state index is 0.000730. The third kappa shape index (κ3) is 3.71. The van der Waals surface area contributed by atoms with Gasteiger partial charge in [0.05, 0.1) is 11.7 Å². The van der Waals surface area contributed by atoms with Gasteiger partial charge in [0.1, 0.15) is 0 Å². The fourth-order valence-electron chi connectivity index (χ4n) is 4.23. The molecular formula is C19H23N5O3. The number of carbonyl (C=O) groups excluding carboxylic acids is 1. The Labute approximate surface area is 156 Å². The molecule has 3 atom stereocenters. The number of pyridine rings is 1. The number of fused-ring (bicyclic) bond motifs is 4. The van der Waals surface area contributed by atoms with Crippen molar-refractivity contribution in [1.29, 1.82) is 0 Å². The van der Waals surface area contributed by atoms with Crippen molar-refractivity contribution < 1.29 is 4.79 Å². The molecule has 27 heavy (non-hydrogen) atoms. The summed E-state index contributed by atoms with van der Waals surface area (Å²) in [5.41, 5.74) is 1.47. The predicted molar refractivity (Wildman–Crippen MR) is 99.6 cm³/mol. The Hall–Kier alpha value is -2.74. The van der Waals surface area contributed by atoms with E-state index in [0.29, 0.717) is 30.5 Å². The molecule has 2 aliphatic rings. The molecule has 0 unspecified atom stereocenters. The Morgan fingerprint density at radius 3 is 2.93 bits per heavy atom. The maximum atomic E-state index is 12.5. The molecular weight excluding hydrogens is 346 g/mol. The lowest BCUT2D eigenvalue weighted by Crippen LogP contribution is -2.50. The molecule has 4 rings (SSSR count). The molecule has 0 radical (unpaired) electrons. The summed E-state index contributed by atoms with van der Waals surface area (Å²) in [6.45, 7) is 2.19. The van der Waals surface area contributed by atoms with Gasteiger partial charge in [-0.3, -0.25) is 14.4 Å². The van der Waals surface area contributed by atoms with E-state index in [1.165, 1.54) is 6.07 Å². The lowest BCUT2D eigenvalue weighted by molar-refractivity contribution is -0.121. The number of aromatic amines is 1. The number of nitrogens with one attached hydrogen (secondary N) is 3. The zero-order valence-electron chi connectivity index (χ0n) is 15.0. The number of amides is 1. The maximum absolute atomic E-state index is 12.5. The summed E-state index contributed by atoms with van der Waals surface area (Å²) in [7, 11) is 0. The third-order valence-corrected chi connectivity index (χ3v) is 5.55. The minimum Gasteiger partial charge on any atom is -0.354 e. The molecule has 1 saturated heterocycles. The second kappa shape index (κ2) is 7.48. The Balaban J connectivity index is 1.42. The molecule has 8 nitrogen and oxygen atoms in total. The summed E-state index contributed by atoms with van der Waals surface area (Å²) < 4.78 is 1.88. The van der Waals surface area contributed by atoms with Crippen LogP contribution in [0.15, 0.2) is 39.9 Å². The van der Waals surface area contributed by atoms with Crippen molar-refractivity contribution in [3.63, 3.8) is 0 Å². The van der Waals surface area contributed by atoms with Crippen molar-refractivity contribution in [3.8, 4) is 0 Å². The van der Waals surface area contributed by atoms with Gasteiger partial charge in [0.25, 0.3) is 11.1 Å². The van der Waals surface area contributed by atoms with Gasteiger partial charge in [0.2, 0.25) is 5.91 Å². The second-order valence-corrected chi connectivity index (χ2v) is 7.29. The van der Waals surface area contributed by atoms with Crippen LogP contribution in [-0.2, 0) is 11.2 Å². The summed E-state index contributed by atoms with van der Waals surface area (Å²) in [4.78, 5) is 35.8. The van der Waals surface area contributed by atoms with Crippen molar-refractivity contribution in [1.82, 2.24) is 25.4 Å². The number of hydrogen-bond acceptors (Lipinski definition) is 5. The average Bonchev–Trinajstić information content (AvgIpc) is 2.68. The van der Waals surface area contributed by atoms with Gasteiger partial charge in [-0.2, -0.15) is 5.10 Å². The molecule has 2 aliphatic heterocycles. The van der Waals surface area contributed by atoms with Crippen LogP contribution >= 0.6 is 0 Å². The SMILES string of the molecule is O=C(CCc1ccc(=O)[nH]n1)NC[C@H]1[C@@H]2CNC[C@@H](C2)c2cccc(=O)n21. The number of aromatic nitrogens is 3. The van der Waals surface area contributed by atoms with E-state index in [0.717, 1.165) is 25.2 Å². The normalized spacial score (nSPS) is 23.5. The fraction of sp³-hybridized carbons (Fsp3) is 0.474. The van der Waals surface area contributed by atoms with E-state index < -0.39 is 0 Å². The molecule has 0 aliphatic carbocycles. The smallest absolute Gasteiger partial charge is 0.264 e. The van der Waals surface area contributed by atoms with Crippen LogP contribution in [-0.4, -0.2) is 40.3 Å². The monoisotopic (exact) mass is 369 g/mol. The molecule has 2 aromatic rings. The van der Waals surface area contributed by atoms with E-state index in [1.54, 1.807) is 12.1 Å². The second-order valence-electron chi connectivity index (χ2n) is 7.29. The molecule has 1 fully saturated rings. The lowest BCUT2D eigenvalue weighted by Gasteiger charge is -2.43. The molecule has 1 amide bonds. The van der Waals surface area contributed by atoms with Crippen LogP contribution in [0.3, 0.4) is 0 Å². The van der Waals surface area contributed by atoms with Gasteiger partial charge in [-0.05, 0) is 24.5 Å². The van der Waals surface area contributed by atoms with Crippen LogP contribution in [0.1, 0.15) is 36.2 Å². The van der Waals surface area contributed by atoms with Gasteiger partial charge in [0, 0.05) is 56.2 Å². The van der Waals surface area contributed by atoms with Crippen molar-refractivity contribution in [2.24, 2.45) is 5.92 Å². The van der Waals surface area contributed by atoms with Crippen LogP contribution in [0.2, 0.25) is 0 Å². The number of nitrogens with zero attached hydrogens (tertiary/aromatic N) is 2. The van der Waals surface area contributed by atoms with Gasteiger partial charge >= 0.3 is 0 Å². The highest BCUT2D eigenvalue weighted by molar-refractivity contribution is 5.76. The molecule has 2 aromatic heterocycles. The first kappa shape index (κ1) is 17.7. The van der Waals surface area contributed by atoms with Crippen molar-refractivity contribution in [3.05, 3.63) is 62.4 Å². The van der Waals surface area contributed by atoms with Crippen LogP contribution in [0.4, 0.5) is 0 Å². The number of piperidine rings is 1. The maximum Gasteiger partial charge on any atom is 0.264 e. The van der Waals surface area contributed by atoms with E-state index in [2.05, 4.69) is 20.8 Å². The lowest BCUT2D eigenvalue weighted by atomic mass is 9.79. The Morgan fingerprint density at radius 2 is 2.11 bits per heavy atom. The molecule has 8 heteroatoms. The zero-order chi connectivity index (χ0) is 18.8. The molecule has 142 valence electrons. The average molecular weight is 369 g/mol. The van der Waals surface area contributed by atoms with E-state index in [-0.39, 0.29) is 29.5 Å². The predicted octanol–water partition coefficient (Wildman–Crippen LogP) is -0.0716. The van der Waals surface area contributed by atoms with Crippen molar-refractivity contribution in [2.75, 3.05) is 19.6 Å². The summed E-state index contributed by atoms with van der Waals surface area (Å²) in [5.74, 6) is 0.604. The molecule has 0 aromatic carbocycles. The highest BCUT2D eigenvalue weighted by Gasteiger charge is 2.37. The number of carbonyl (C=O) groups is 1. The van der Waals surface area contributed by atoms with Crippen LogP contribution in [0.5, 0.6) is 0 Å². The zero-order valence-corrected chi connectivity index (χ0v) is 15.0. The van der Waals surface area contributed by atoms with Crippen LogP contribution in [0.25, 0.3) is 0 Å². The number of aryl methyl sites for hydroxylation is 1. The molecule has 2 bridgehead atoms. The molecule has 0 saturated carbocycles. The summed E-state index contributed by atoms with van der Waals surface area (Å²) in [5, 5.41) is 12.7. The Bertz CT molecular complexity index is 930. The van der Waals surface area contributed by atoms with Crippen molar-refractivity contribution in [2.45, 2.75) is 31.2 Å². The number of hydrogen-bond donors (Lipinski definition) is 3. The van der Waals surface area contributed by atoms with Gasteiger partial charge < -0.3 is 15.2 Å². The molecule has 3 N–H and O–H groups in total. The van der Waals surface area contributed by atoms with E-state index in [1.807, 2.05) is 16.7 Å². The topological polar surface area (TPSA) is 109 Å². The number of rotatable bonds is 5.